The maximum Gasteiger partial charge on any atom is 0.239 e. The van der Waals surface area contributed by atoms with Crippen LogP contribution in [0.15, 0.2) is 114 Å². The number of nitrogens with zero attached hydrogens (tertiary/aromatic N) is 2. The summed E-state index contributed by atoms with van der Waals surface area (Å²) in [7, 11) is 1.58. The minimum atomic E-state index is -1.38. The largest absolute Gasteiger partial charge is 0.459 e. The first-order valence-corrected chi connectivity index (χ1v) is 25.5. The number of benzene rings is 4. The molecule has 10 heteroatoms. The number of amides is 1. The van der Waals surface area contributed by atoms with Crippen LogP contribution in [0.2, 0.25) is 0 Å². The molecule has 10 nitrogen and oxygen atoms in total. The average molecular weight is 927 g/mol. The van der Waals surface area contributed by atoms with Gasteiger partial charge in [-0.15, -0.1) is 6.58 Å². The van der Waals surface area contributed by atoms with Crippen molar-refractivity contribution in [3.8, 4) is 17.2 Å². The molecule has 2 N–H and O–H groups in total. The van der Waals surface area contributed by atoms with Crippen LogP contribution in [0.1, 0.15) is 143 Å². The molecule has 6 atom stereocenters. The molecule has 7 rings (SSSR count). The average Bonchev–Trinajstić information content (AvgIpc) is 3.36. The van der Waals surface area contributed by atoms with Gasteiger partial charge in [0.15, 0.2) is 0 Å². The maximum absolute atomic E-state index is 15.4. The van der Waals surface area contributed by atoms with E-state index in [1.165, 1.54) is 38.5 Å². The van der Waals surface area contributed by atoms with E-state index in [4.69, 9.17) is 24.2 Å². The van der Waals surface area contributed by atoms with Crippen LogP contribution < -0.4 is 9.47 Å². The number of fused-ring (bicyclic) bond motifs is 3. The summed E-state index contributed by atoms with van der Waals surface area (Å²) in [5.74, 6) is -0.0405. The Morgan fingerprint density at radius 1 is 0.853 bits per heavy atom. The van der Waals surface area contributed by atoms with Crippen LogP contribution in [0.4, 0.5) is 0 Å². The molecule has 0 radical (unpaired) electrons. The fraction of sp³-hybridized carbons (Fsp3) is 0.500. The van der Waals surface area contributed by atoms with Gasteiger partial charge in [-0.3, -0.25) is 9.59 Å². The molecule has 4 aromatic rings. The van der Waals surface area contributed by atoms with Gasteiger partial charge in [0.1, 0.15) is 36.7 Å². The maximum atomic E-state index is 15.4. The van der Waals surface area contributed by atoms with Gasteiger partial charge < -0.3 is 34.2 Å². The van der Waals surface area contributed by atoms with E-state index in [0.29, 0.717) is 55.0 Å². The first-order chi connectivity index (χ1) is 33.4. The number of aliphatic hydroxyl groups is 2. The van der Waals surface area contributed by atoms with Gasteiger partial charge in [0.2, 0.25) is 11.7 Å². The Balaban J connectivity index is 1.37. The lowest BCUT2D eigenvalue weighted by atomic mass is 9.55. The van der Waals surface area contributed by atoms with E-state index in [2.05, 4.69) is 62.0 Å². The predicted octanol–water partition coefficient (Wildman–Crippen LogP) is 12.7. The lowest BCUT2D eigenvalue weighted by Gasteiger charge is -2.60. The lowest BCUT2D eigenvalue weighted by Crippen LogP contribution is -2.70. The van der Waals surface area contributed by atoms with Crippen LogP contribution in [-0.2, 0) is 20.9 Å². The smallest absolute Gasteiger partial charge is 0.239 e. The molecule has 0 saturated heterocycles. The third-order valence-corrected chi connectivity index (χ3v) is 14.5. The molecule has 0 aromatic heterocycles. The van der Waals surface area contributed by atoms with Crippen molar-refractivity contribution in [2.75, 3.05) is 26.9 Å². The zero-order valence-corrected chi connectivity index (χ0v) is 40.5. The Kier molecular flexibility index (Phi) is 18.9. The molecule has 68 heavy (non-hydrogen) atoms. The third-order valence-electron chi connectivity index (χ3n) is 14.5. The minimum absolute atomic E-state index is 0.0427. The summed E-state index contributed by atoms with van der Waals surface area (Å²) < 4.78 is 21.3. The number of hydrogen-bond donors (Lipinski definition) is 2. The molecule has 364 valence electrons. The van der Waals surface area contributed by atoms with Gasteiger partial charge in [-0.2, -0.15) is 0 Å². The van der Waals surface area contributed by atoms with Crippen molar-refractivity contribution in [3.63, 3.8) is 0 Å². The molecule has 1 saturated carbocycles. The molecular weight excluding hydrogens is 853 g/mol. The van der Waals surface area contributed by atoms with Crippen molar-refractivity contribution in [3.05, 3.63) is 126 Å². The second-order valence-electron chi connectivity index (χ2n) is 19.0. The van der Waals surface area contributed by atoms with Crippen LogP contribution >= 0.6 is 0 Å². The number of rotatable bonds is 28. The topological polar surface area (TPSA) is 127 Å². The number of hydrogen-bond acceptors (Lipinski definition) is 9. The van der Waals surface area contributed by atoms with E-state index in [0.717, 1.165) is 84.4 Å². The highest BCUT2D eigenvalue weighted by atomic mass is 16.7. The lowest BCUT2D eigenvalue weighted by molar-refractivity contribution is -0.258. The number of carbonyl (C=O) groups is 2. The minimum Gasteiger partial charge on any atom is -0.459 e. The van der Waals surface area contributed by atoms with Gasteiger partial charge in [0, 0.05) is 49.6 Å². The first-order valence-electron chi connectivity index (χ1n) is 25.5. The molecule has 3 aliphatic rings. The number of aldehydes is 1. The van der Waals surface area contributed by atoms with E-state index in [1.807, 2.05) is 29.2 Å². The first kappa shape index (κ1) is 50.6. The summed E-state index contributed by atoms with van der Waals surface area (Å²) >= 11 is 0. The molecule has 2 aliphatic carbocycles. The van der Waals surface area contributed by atoms with Crippen LogP contribution in [0.25, 0.3) is 10.8 Å². The summed E-state index contributed by atoms with van der Waals surface area (Å²) in [4.78, 5) is 34.9. The zero-order valence-electron chi connectivity index (χ0n) is 40.5. The van der Waals surface area contributed by atoms with Crippen molar-refractivity contribution in [2.24, 2.45) is 22.9 Å². The van der Waals surface area contributed by atoms with Gasteiger partial charge in [-0.05, 0) is 96.2 Å². The summed E-state index contributed by atoms with van der Waals surface area (Å²) in [5.41, 5.74) is 4.26. The van der Waals surface area contributed by atoms with Gasteiger partial charge in [0.25, 0.3) is 0 Å². The van der Waals surface area contributed by atoms with E-state index >= 15 is 4.79 Å². The van der Waals surface area contributed by atoms with E-state index < -0.39 is 17.7 Å². The van der Waals surface area contributed by atoms with Crippen LogP contribution in [-0.4, -0.2) is 71.8 Å². The number of oxime groups is 1. The Labute approximate surface area is 404 Å². The highest BCUT2D eigenvalue weighted by Gasteiger charge is 2.65. The highest BCUT2D eigenvalue weighted by molar-refractivity contribution is 6.03. The third kappa shape index (κ3) is 11.9. The van der Waals surface area contributed by atoms with Crippen molar-refractivity contribution in [2.45, 2.75) is 140 Å². The Morgan fingerprint density at radius 2 is 1.57 bits per heavy atom. The molecule has 1 aliphatic heterocycles. The SMILES string of the molecule is C=CCO[C@@]12Oc3ccc(Oc4cccc(C=O)c4)cc3[C@H]3[C@H](CCCCO)[C@@H](CCCCO)C=C(C(=NOC)C[C@@H]1N(Cc1cccc4ccccc14)C(=O)CCCCCCCCCCC)[C@H]32. The number of allylic oxidation sites excluding steroid dienone is 1. The number of unbranched alkanes of at least 4 members (excludes halogenated alkanes) is 10. The summed E-state index contributed by atoms with van der Waals surface area (Å²) in [5, 5.41) is 27.0. The van der Waals surface area contributed by atoms with Crippen LogP contribution in [0, 0.1) is 17.8 Å². The molecule has 0 spiro atoms. The van der Waals surface area contributed by atoms with Crippen molar-refractivity contribution in [1.29, 1.82) is 0 Å². The monoisotopic (exact) mass is 927 g/mol. The molecule has 4 aromatic carbocycles. The van der Waals surface area contributed by atoms with Crippen molar-refractivity contribution < 1.29 is 38.9 Å². The van der Waals surface area contributed by atoms with E-state index in [9.17, 15) is 15.0 Å². The summed E-state index contributed by atoms with van der Waals surface area (Å²) in [6.07, 6.45) is 20.7. The number of aliphatic hydroxyl groups excluding tert-OH is 2. The zero-order chi connectivity index (χ0) is 47.7. The van der Waals surface area contributed by atoms with Crippen molar-refractivity contribution in [1.82, 2.24) is 4.90 Å². The normalized spacial score (nSPS) is 22.1. The molecule has 1 heterocycles. The second-order valence-corrected chi connectivity index (χ2v) is 19.0. The van der Waals surface area contributed by atoms with Crippen LogP contribution in [0.3, 0.4) is 0 Å². The van der Waals surface area contributed by atoms with Gasteiger partial charge in [0.05, 0.1) is 18.2 Å². The molecule has 0 unspecified atom stereocenters. The van der Waals surface area contributed by atoms with Gasteiger partial charge >= 0.3 is 0 Å². The fourth-order valence-corrected chi connectivity index (χ4v) is 11.3. The van der Waals surface area contributed by atoms with Crippen LogP contribution in [0.5, 0.6) is 17.2 Å². The van der Waals surface area contributed by atoms with Gasteiger partial charge in [-0.25, -0.2) is 0 Å². The fourth-order valence-electron chi connectivity index (χ4n) is 11.3. The molecular formula is C58H74N2O8. The Morgan fingerprint density at radius 3 is 2.32 bits per heavy atom. The standard InChI is InChI=1S/C58H74N2O8/c1-4-6-7-8-9-10-11-12-13-30-55(64)60(40-45-26-21-25-43-23-14-15-28-48(43)45)54-39-52(59-65-3)50-37-44(24-16-18-33-61)49(29-17-19-34-62)56-51-38-47(67-46-27-20-22-42(36-46)41-63)31-32-53(51)68-58(54,57(50)56)66-35-5-2/h5,14-15,20-23,25-28,31-32,36-38,41,44,49,54,56-57,61-62H,2,4,6-13,16-19,24,29-30,33-35,39-40H2,1,3H3/t44-,49+,54-,56+,57+,58+/m0/s1. The Hall–Kier alpha value is -5.29. The predicted molar refractivity (Wildman–Crippen MR) is 270 cm³/mol. The van der Waals surface area contributed by atoms with Gasteiger partial charge in [-0.1, -0.05) is 143 Å². The second kappa shape index (κ2) is 25.4. The Bertz CT molecular complexity index is 2340. The number of ether oxygens (including phenoxy) is 3. The summed E-state index contributed by atoms with van der Waals surface area (Å²) in [6, 6.07) is 27.0. The molecule has 0 bridgehead atoms. The van der Waals surface area contributed by atoms with E-state index in [-0.39, 0.29) is 43.5 Å². The highest BCUT2D eigenvalue weighted by Crippen LogP contribution is 2.62. The van der Waals surface area contributed by atoms with E-state index in [1.54, 1.807) is 31.4 Å². The number of carbonyl (C=O) groups excluding carboxylic acids is 2. The quantitative estimate of drug-likeness (QED) is 0.0249. The van der Waals surface area contributed by atoms with Crippen molar-refractivity contribution >= 4 is 28.7 Å². The molecule has 1 fully saturated rings. The molecule has 1 amide bonds. The summed E-state index contributed by atoms with van der Waals surface area (Å²) in [6.45, 7) is 7.08.